The summed E-state index contributed by atoms with van der Waals surface area (Å²) in [6.45, 7) is 2.00. The first-order valence-corrected chi connectivity index (χ1v) is 8.96. The van der Waals surface area contributed by atoms with Crippen LogP contribution >= 0.6 is 11.6 Å². The molecule has 1 amide bonds. The maximum absolute atomic E-state index is 11.9. The Morgan fingerprint density at radius 1 is 1.52 bits per heavy atom. The Bertz CT molecular complexity index is 617. The first-order chi connectivity index (χ1) is 9.85. The molecule has 21 heavy (non-hydrogen) atoms. The quantitative estimate of drug-likeness (QED) is 0.890. The number of hydrogen-bond donors (Lipinski definition) is 1. The van der Waals surface area contributed by atoms with Crippen molar-refractivity contribution in [2.45, 2.75) is 19.4 Å². The van der Waals surface area contributed by atoms with E-state index in [0.717, 1.165) is 0 Å². The minimum atomic E-state index is -2.91. The molecule has 0 spiro atoms. The summed E-state index contributed by atoms with van der Waals surface area (Å²) in [5.41, 5.74) is 0. The van der Waals surface area contributed by atoms with Crippen molar-refractivity contribution in [2.24, 2.45) is 5.92 Å². The molecule has 0 unspecified atom stereocenters. The van der Waals surface area contributed by atoms with E-state index in [1.54, 1.807) is 31.2 Å². The molecule has 1 aliphatic rings. The van der Waals surface area contributed by atoms with E-state index in [4.69, 9.17) is 16.3 Å². The van der Waals surface area contributed by atoms with Crippen molar-refractivity contribution in [3.63, 3.8) is 0 Å². The second kappa shape index (κ2) is 6.66. The van der Waals surface area contributed by atoms with Gasteiger partial charge in [-0.05, 0) is 37.5 Å². The molecule has 1 aromatic carbocycles. The van der Waals surface area contributed by atoms with Crippen molar-refractivity contribution < 1.29 is 17.9 Å². The number of rotatable bonds is 5. The van der Waals surface area contributed by atoms with Gasteiger partial charge in [0.15, 0.2) is 15.9 Å². The SMILES string of the molecule is C[C@H](Oc1cccc(Cl)c1)C(=O)NC[C@@H]1CCS(=O)(=O)C1. The zero-order valence-corrected chi connectivity index (χ0v) is 13.3. The molecule has 1 aliphatic heterocycles. The normalized spacial score (nSPS) is 21.7. The molecular formula is C14H18ClNO4S. The number of carbonyl (C=O) groups is 1. The van der Waals surface area contributed by atoms with E-state index >= 15 is 0 Å². The molecular weight excluding hydrogens is 314 g/mol. The first kappa shape index (κ1) is 16.1. The van der Waals surface area contributed by atoms with Crippen molar-refractivity contribution in [3.8, 4) is 5.75 Å². The number of hydrogen-bond acceptors (Lipinski definition) is 4. The average molecular weight is 332 g/mol. The van der Waals surface area contributed by atoms with Crippen LogP contribution in [0.5, 0.6) is 5.75 Å². The van der Waals surface area contributed by atoms with Gasteiger partial charge < -0.3 is 10.1 Å². The van der Waals surface area contributed by atoms with Gasteiger partial charge >= 0.3 is 0 Å². The third-order valence-corrected chi connectivity index (χ3v) is 5.44. The predicted octanol–water partition coefficient (Wildman–Crippen LogP) is 1.66. The average Bonchev–Trinajstić information content (AvgIpc) is 2.75. The van der Waals surface area contributed by atoms with Crippen LogP contribution in [0, 0.1) is 5.92 Å². The lowest BCUT2D eigenvalue weighted by atomic mass is 10.1. The smallest absolute Gasteiger partial charge is 0.260 e. The van der Waals surface area contributed by atoms with Crippen molar-refractivity contribution in [3.05, 3.63) is 29.3 Å². The molecule has 0 aromatic heterocycles. The Labute approximate surface area is 129 Å². The summed E-state index contributed by atoms with van der Waals surface area (Å²) < 4.78 is 28.2. The number of nitrogens with one attached hydrogen (secondary N) is 1. The topological polar surface area (TPSA) is 72.5 Å². The Morgan fingerprint density at radius 2 is 2.29 bits per heavy atom. The molecule has 7 heteroatoms. The van der Waals surface area contributed by atoms with Crippen LogP contribution in [-0.4, -0.2) is 38.5 Å². The Kier molecular flexibility index (Phi) is 5.11. The lowest BCUT2D eigenvalue weighted by molar-refractivity contribution is -0.127. The summed E-state index contributed by atoms with van der Waals surface area (Å²) >= 11 is 5.84. The summed E-state index contributed by atoms with van der Waals surface area (Å²) in [6.07, 6.45) is -0.0620. The molecule has 1 N–H and O–H groups in total. The third kappa shape index (κ3) is 4.89. The van der Waals surface area contributed by atoms with Gasteiger partial charge in [0.2, 0.25) is 0 Å². The van der Waals surface area contributed by atoms with Crippen LogP contribution in [0.3, 0.4) is 0 Å². The number of amides is 1. The summed E-state index contributed by atoms with van der Waals surface area (Å²) in [6, 6.07) is 6.82. The van der Waals surface area contributed by atoms with Gasteiger partial charge in [-0.3, -0.25) is 4.79 Å². The monoisotopic (exact) mass is 331 g/mol. The Hall–Kier alpha value is -1.27. The zero-order chi connectivity index (χ0) is 15.5. The molecule has 116 valence electrons. The van der Waals surface area contributed by atoms with Crippen LogP contribution in [-0.2, 0) is 14.6 Å². The predicted molar refractivity (Wildman–Crippen MR) is 81.3 cm³/mol. The second-order valence-corrected chi connectivity index (χ2v) is 7.90. The molecule has 0 aliphatic carbocycles. The maximum atomic E-state index is 11.9. The van der Waals surface area contributed by atoms with Crippen LogP contribution in [0.25, 0.3) is 0 Å². The van der Waals surface area contributed by atoms with Crippen LogP contribution in [0.2, 0.25) is 5.02 Å². The molecule has 1 saturated heterocycles. The van der Waals surface area contributed by atoms with Crippen molar-refractivity contribution >= 4 is 27.3 Å². The molecule has 2 rings (SSSR count). The van der Waals surface area contributed by atoms with Gasteiger partial charge in [0.25, 0.3) is 5.91 Å². The second-order valence-electron chi connectivity index (χ2n) is 5.23. The molecule has 1 fully saturated rings. The van der Waals surface area contributed by atoms with E-state index < -0.39 is 15.9 Å². The van der Waals surface area contributed by atoms with Gasteiger partial charge in [0, 0.05) is 11.6 Å². The standard InChI is InChI=1S/C14H18ClNO4S/c1-10(20-13-4-2-3-12(15)7-13)14(17)16-8-11-5-6-21(18,19)9-11/h2-4,7,10-11H,5-6,8-9H2,1H3,(H,16,17)/t10-,11-/m0/s1. The van der Waals surface area contributed by atoms with Gasteiger partial charge in [-0.2, -0.15) is 0 Å². The summed E-state index contributed by atoms with van der Waals surface area (Å²) in [5, 5.41) is 3.27. The van der Waals surface area contributed by atoms with Crippen LogP contribution in [0.4, 0.5) is 0 Å². The van der Waals surface area contributed by atoms with Crippen LogP contribution < -0.4 is 10.1 Å². The largest absolute Gasteiger partial charge is 0.481 e. The van der Waals surface area contributed by atoms with Crippen molar-refractivity contribution in [1.29, 1.82) is 0 Å². The van der Waals surface area contributed by atoms with Gasteiger partial charge in [-0.15, -0.1) is 0 Å². The maximum Gasteiger partial charge on any atom is 0.260 e. The van der Waals surface area contributed by atoms with Crippen molar-refractivity contribution in [2.75, 3.05) is 18.1 Å². The van der Waals surface area contributed by atoms with E-state index in [-0.39, 0.29) is 23.3 Å². The number of sulfone groups is 1. The number of ether oxygens (including phenoxy) is 1. The van der Waals surface area contributed by atoms with E-state index in [2.05, 4.69) is 5.32 Å². The fourth-order valence-electron chi connectivity index (χ4n) is 2.22. The minimum Gasteiger partial charge on any atom is -0.481 e. The van der Waals surface area contributed by atoms with Gasteiger partial charge in [-0.1, -0.05) is 17.7 Å². The molecule has 1 heterocycles. The van der Waals surface area contributed by atoms with E-state index in [9.17, 15) is 13.2 Å². The minimum absolute atomic E-state index is 0.00248. The van der Waals surface area contributed by atoms with Crippen molar-refractivity contribution in [1.82, 2.24) is 5.32 Å². The number of halogens is 1. The van der Waals surface area contributed by atoms with Crippen LogP contribution in [0.15, 0.2) is 24.3 Å². The van der Waals surface area contributed by atoms with E-state index in [0.29, 0.717) is 23.7 Å². The highest BCUT2D eigenvalue weighted by atomic mass is 35.5. The van der Waals surface area contributed by atoms with Gasteiger partial charge in [0.05, 0.1) is 11.5 Å². The number of benzene rings is 1. The fourth-order valence-corrected chi connectivity index (χ4v) is 4.26. The first-order valence-electron chi connectivity index (χ1n) is 6.76. The molecule has 2 atom stereocenters. The molecule has 0 saturated carbocycles. The highest BCUT2D eigenvalue weighted by Gasteiger charge is 2.28. The van der Waals surface area contributed by atoms with E-state index in [1.165, 1.54) is 0 Å². The molecule has 0 bridgehead atoms. The van der Waals surface area contributed by atoms with E-state index in [1.807, 2.05) is 0 Å². The van der Waals surface area contributed by atoms with Gasteiger partial charge in [0.1, 0.15) is 5.75 Å². The molecule has 0 radical (unpaired) electrons. The highest BCUT2D eigenvalue weighted by Crippen LogP contribution is 2.19. The lowest BCUT2D eigenvalue weighted by Gasteiger charge is -2.16. The molecule has 1 aromatic rings. The fraction of sp³-hybridized carbons (Fsp3) is 0.500. The zero-order valence-electron chi connectivity index (χ0n) is 11.7. The van der Waals surface area contributed by atoms with Crippen LogP contribution in [0.1, 0.15) is 13.3 Å². The third-order valence-electron chi connectivity index (χ3n) is 3.37. The summed E-state index contributed by atoms with van der Waals surface area (Å²) in [4.78, 5) is 11.9. The molecule has 5 nitrogen and oxygen atoms in total. The lowest BCUT2D eigenvalue weighted by Crippen LogP contribution is -2.39. The van der Waals surface area contributed by atoms with Gasteiger partial charge in [-0.25, -0.2) is 8.42 Å². The number of carbonyl (C=O) groups excluding carboxylic acids is 1. The summed E-state index contributed by atoms with van der Waals surface area (Å²) in [7, 11) is -2.91. The Morgan fingerprint density at radius 3 is 2.90 bits per heavy atom. The Balaban J connectivity index is 1.80. The highest BCUT2D eigenvalue weighted by molar-refractivity contribution is 7.91. The summed E-state index contributed by atoms with van der Waals surface area (Å²) in [5.74, 6) is 0.615.